The number of nitrogens with one attached hydrogen (secondary N) is 5. The number of carboxylic acids is 1. The monoisotopic (exact) mass is 526 g/mol. The standard InChI is InChI=1S/C26H38N8O4/c27-10-5-17-6-13-34(14-7-17)26-30-21-15-28-32-25(37)23(21)24(31-26)29-18-1-3-19(4-2-18)38-20-8-11-33(12-9-20)16-22(35)36/h1-4,17,20-21,23-24,26,28-31H,5-9,11-16H2,(H,32,37)(H,35,36). The number of hydrazine groups is 1. The number of carboxylic acid groups (broad SMARTS) is 1. The summed E-state index contributed by atoms with van der Waals surface area (Å²) in [4.78, 5) is 28.0. The molecular formula is C26H38N8O4. The summed E-state index contributed by atoms with van der Waals surface area (Å²) in [6.07, 6.45) is 3.94. The number of piperidine rings is 2. The molecule has 206 valence electrons. The van der Waals surface area contributed by atoms with Crippen molar-refractivity contribution < 1.29 is 19.4 Å². The second kappa shape index (κ2) is 12.3. The highest BCUT2D eigenvalue weighted by atomic mass is 16.5. The number of carbonyl (C=O) groups excluding carboxylic acids is 1. The molecule has 4 aliphatic heterocycles. The van der Waals surface area contributed by atoms with Crippen LogP contribution < -0.4 is 31.5 Å². The zero-order chi connectivity index (χ0) is 26.5. The molecule has 4 saturated heterocycles. The Bertz CT molecular complexity index is 1000. The minimum Gasteiger partial charge on any atom is -0.490 e. The number of benzene rings is 1. The Balaban J connectivity index is 1.18. The van der Waals surface area contributed by atoms with Gasteiger partial charge in [0.2, 0.25) is 5.91 Å². The van der Waals surface area contributed by atoms with E-state index in [2.05, 4.69) is 37.8 Å². The largest absolute Gasteiger partial charge is 0.490 e. The predicted molar refractivity (Wildman–Crippen MR) is 140 cm³/mol. The third-order valence-electron chi connectivity index (χ3n) is 8.11. The lowest BCUT2D eigenvalue weighted by atomic mass is 9.90. The zero-order valence-corrected chi connectivity index (χ0v) is 21.6. The van der Waals surface area contributed by atoms with Crippen LogP contribution in [0.5, 0.6) is 5.75 Å². The van der Waals surface area contributed by atoms with E-state index >= 15 is 0 Å². The molecule has 12 heteroatoms. The van der Waals surface area contributed by atoms with E-state index in [1.807, 2.05) is 29.2 Å². The van der Waals surface area contributed by atoms with Gasteiger partial charge in [0.1, 0.15) is 18.1 Å². The number of rotatable bonds is 8. The van der Waals surface area contributed by atoms with Crippen LogP contribution in [0.2, 0.25) is 0 Å². The summed E-state index contributed by atoms with van der Waals surface area (Å²) in [5.41, 5.74) is 6.67. The van der Waals surface area contributed by atoms with Gasteiger partial charge < -0.3 is 15.2 Å². The van der Waals surface area contributed by atoms with Crippen molar-refractivity contribution in [1.82, 2.24) is 31.3 Å². The molecule has 4 atom stereocenters. The number of nitrogens with zero attached hydrogens (tertiary/aromatic N) is 3. The minimum absolute atomic E-state index is 0.0288. The molecule has 0 bridgehead atoms. The lowest BCUT2D eigenvalue weighted by molar-refractivity contribution is -0.138. The van der Waals surface area contributed by atoms with Crippen LogP contribution in [-0.4, -0.2) is 90.7 Å². The number of amides is 1. The van der Waals surface area contributed by atoms with Crippen LogP contribution in [0.3, 0.4) is 0 Å². The van der Waals surface area contributed by atoms with E-state index in [9.17, 15) is 9.59 Å². The fourth-order valence-electron chi connectivity index (χ4n) is 5.98. The maximum atomic E-state index is 12.8. The van der Waals surface area contributed by atoms with E-state index in [1.54, 1.807) is 0 Å². The Kier molecular flexibility index (Phi) is 8.61. The van der Waals surface area contributed by atoms with Gasteiger partial charge in [0, 0.05) is 50.9 Å². The second-order valence-electron chi connectivity index (χ2n) is 10.7. The highest BCUT2D eigenvalue weighted by Gasteiger charge is 2.45. The van der Waals surface area contributed by atoms with E-state index in [-0.39, 0.29) is 43.0 Å². The highest BCUT2D eigenvalue weighted by Crippen LogP contribution is 2.26. The van der Waals surface area contributed by atoms with E-state index in [4.69, 9.17) is 15.1 Å². The number of hydrogen-bond acceptors (Lipinski definition) is 10. The Labute approximate surface area is 223 Å². The number of aliphatic carboxylic acids is 1. The Morgan fingerprint density at radius 3 is 2.53 bits per heavy atom. The lowest BCUT2D eigenvalue weighted by Crippen LogP contribution is -2.77. The van der Waals surface area contributed by atoms with Gasteiger partial charge in [0.05, 0.1) is 24.7 Å². The molecule has 5 rings (SSSR count). The molecule has 12 nitrogen and oxygen atoms in total. The van der Waals surface area contributed by atoms with E-state index < -0.39 is 5.97 Å². The number of carbonyl (C=O) groups is 2. The van der Waals surface area contributed by atoms with Gasteiger partial charge in [0.15, 0.2) is 0 Å². The van der Waals surface area contributed by atoms with Crippen LogP contribution in [0.4, 0.5) is 5.69 Å². The Hall–Kier alpha value is -2.95. The van der Waals surface area contributed by atoms with Crippen LogP contribution >= 0.6 is 0 Å². The van der Waals surface area contributed by atoms with Crippen LogP contribution in [0.1, 0.15) is 32.1 Å². The quantitative estimate of drug-likeness (QED) is 0.273. The van der Waals surface area contributed by atoms with Crippen molar-refractivity contribution in [2.45, 2.75) is 56.7 Å². The lowest BCUT2D eigenvalue weighted by Gasteiger charge is -2.49. The van der Waals surface area contributed by atoms with Gasteiger partial charge in [-0.2, -0.15) is 5.26 Å². The van der Waals surface area contributed by atoms with Crippen molar-refractivity contribution in [3.05, 3.63) is 24.3 Å². The van der Waals surface area contributed by atoms with Gasteiger partial charge in [-0.05, 0) is 55.9 Å². The molecule has 0 spiro atoms. The van der Waals surface area contributed by atoms with Gasteiger partial charge in [-0.3, -0.25) is 35.4 Å². The summed E-state index contributed by atoms with van der Waals surface area (Å²) in [7, 11) is 0. The number of fused-ring (bicyclic) bond motifs is 1. The molecule has 1 aromatic rings. The van der Waals surface area contributed by atoms with E-state index in [0.29, 0.717) is 32.0 Å². The topological polar surface area (TPSA) is 154 Å². The molecule has 38 heavy (non-hydrogen) atoms. The first-order valence-corrected chi connectivity index (χ1v) is 13.6. The minimum atomic E-state index is -0.796. The van der Waals surface area contributed by atoms with E-state index in [0.717, 1.165) is 50.2 Å². The van der Waals surface area contributed by atoms with Crippen molar-refractivity contribution in [3.8, 4) is 11.8 Å². The number of nitriles is 1. The van der Waals surface area contributed by atoms with Gasteiger partial charge >= 0.3 is 5.97 Å². The molecule has 0 saturated carbocycles. The molecule has 4 fully saturated rings. The second-order valence-corrected chi connectivity index (χ2v) is 10.7. The van der Waals surface area contributed by atoms with Crippen LogP contribution in [0.25, 0.3) is 0 Å². The summed E-state index contributed by atoms with van der Waals surface area (Å²) in [5.74, 6) is 0.0907. The normalized spacial score (nSPS) is 29.6. The van der Waals surface area contributed by atoms with Crippen molar-refractivity contribution in [2.75, 3.05) is 44.6 Å². The van der Waals surface area contributed by atoms with Gasteiger partial charge in [0.25, 0.3) is 0 Å². The van der Waals surface area contributed by atoms with Crippen molar-refractivity contribution in [3.63, 3.8) is 0 Å². The molecule has 0 aliphatic carbocycles. The Morgan fingerprint density at radius 1 is 1.11 bits per heavy atom. The third kappa shape index (κ3) is 6.54. The summed E-state index contributed by atoms with van der Waals surface area (Å²) in [6, 6.07) is 10.1. The fraction of sp³-hybridized carbons (Fsp3) is 0.654. The maximum absolute atomic E-state index is 12.8. The molecule has 1 amide bonds. The highest BCUT2D eigenvalue weighted by molar-refractivity contribution is 5.81. The summed E-state index contributed by atoms with van der Waals surface area (Å²) in [5, 5.41) is 28.8. The third-order valence-corrected chi connectivity index (χ3v) is 8.11. The average Bonchev–Trinajstić information content (AvgIpc) is 2.91. The summed E-state index contributed by atoms with van der Waals surface area (Å²) < 4.78 is 6.15. The SMILES string of the molecule is N#CCC1CCN(C2NC3CNNC(=O)C3C(Nc3ccc(OC4CCN(CC(=O)O)CC4)cc3)N2)CC1. The molecule has 1 aromatic carbocycles. The van der Waals surface area contributed by atoms with Crippen LogP contribution in [0.15, 0.2) is 24.3 Å². The van der Waals surface area contributed by atoms with E-state index in [1.165, 1.54) is 0 Å². The van der Waals surface area contributed by atoms with Crippen molar-refractivity contribution in [1.29, 1.82) is 5.26 Å². The summed E-state index contributed by atoms with van der Waals surface area (Å²) in [6.45, 7) is 3.96. The predicted octanol–water partition coefficient (Wildman–Crippen LogP) is 0.0737. The van der Waals surface area contributed by atoms with Gasteiger partial charge in [-0.15, -0.1) is 0 Å². The first-order valence-electron chi connectivity index (χ1n) is 13.6. The molecule has 0 radical (unpaired) electrons. The Morgan fingerprint density at radius 2 is 1.84 bits per heavy atom. The first kappa shape index (κ1) is 26.6. The van der Waals surface area contributed by atoms with Crippen LogP contribution in [-0.2, 0) is 9.59 Å². The maximum Gasteiger partial charge on any atom is 0.317 e. The van der Waals surface area contributed by atoms with Gasteiger partial charge in [-0.1, -0.05) is 0 Å². The number of ether oxygens (including phenoxy) is 1. The number of anilines is 1. The van der Waals surface area contributed by atoms with Crippen molar-refractivity contribution in [2.24, 2.45) is 11.8 Å². The number of hydrogen-bond donors (Lipinski definition) is 6. The smallest absolute Gasteiger partial charge is 0.317 e. The zero-order valence-electron chi connectivity index (χ0n) is 21.6. The fourth-order valence-corrected chi connectivity index (χ4v) is 5.98. The van der Waals surface area contributed by atoms with Crippen LogP contribution in [0, 0.1) is 23.2 Å². The average molecular weight is 527 g/mol. The van der Waals surface area contributed by atoms with Gasteiger partial charge in [-0.25, -0.2) is 5.43 Å². The summed E-state index contributed by atoms with van der Waals surface area (Å²) >= 11 is 0. The molecule has 0 aromatic heterocycles. The molecular weight excluding hydrogens is 488 g/mol. The number of likely N-dealkylation sites (tertiary alicyclic amines) is 2. The molecule has 4 heterocycles. The molecule has 4 unspecified atom stereocenters. The first-order chi connectivity index (χ1) is 18.5. The van der Waals surface area contributed by atoms with Crippen molar-refractivity contribution >= 4 is 17.6 Å². The molecule has 6 N–H and O–H groups in total. The molecule has 4 aliphatic rings.